The van der Waals surface area contributed by atoms with Crippen LogP contribution < -0.4 is 4.74 Å². The van der Waals surface area contributed by atoms with Crippen LogP contribution in [-0.2, 0) is 26.7 Å². The average Bonchev–Trinajstić information content (AvgIpc) is 3.34. The van der Waals surface area contributed by atoms with Gasteiger partial charge in [-0.15, -0.1) is 11.3 Å². The largest absolute Gasteiger partial charge is 0.494 e. The van der Waals surface area contributed by atoms with Gasteiger partial charge in [-0.25, -0.2) is 9.07 Å². The topological polar surface area (TPSA) is 38.5 Å². The number of aromatic nitrogens is 3. The molecule has 3 aromatic rings. The molecule has 1 aromatic carbocycles. The van der Waals surface area contributed by atoms with Crippen LogP contribution in [0.15, 0.2) is 35.7 Å². The third kappa shape index (κ3) is 4.80. The maximum Gasteiger partial charge on any atom is 0.198 e. The van der Waals surface area contributed by atoms with E-state index in [-0.39, 0.29) is 11.6 Å². The minimum Gasteiger partial charge on any atom is -0.494 e. The minimum absolute atomic E-state index is 0.286. The zero-order valence-corrected chi connectivity index (χ0v) is 18.9. The zero-order valence-electron chi connectivity index (χ0n) is 17.3. The molecule has 1 saturated heterocycles. The molecule has 0 atom stereocenters. The molecular formula is C21H26FN5OS2. The predicted octanol–water partition coefficient (Wildman–Crippen LogP) is 3.53. The Morgan fingerprint density at radius 1 is 1.17 bits per heavy atom. The average molecular weight is 448 g/mol. The first-order valence-electron chi connectivity index (χ1n) is 9.95. The van der Waals surface area contributed by atoms with Crippen molar-refractivity contribution in [1.82, 2.24) is 24.1 Å². The van der Waals surface area contributed by atoms with Gasteiger partial charge in [-0.05, 0) is 41.4 Å². The first kappa shape index (κ1) is 21.2. The second-order valence-corrected chi connectivity index (χ2v) is 8.92. The van der Waals surface area contributed by atoms with Crippen molar-refractivity contribution in [3.8, 4) is 5.75 Å². The van der Waals surface area contributed by atoms with Gasteiger partial charge in [0.15, 0.2) is 16.3 Å². The van der Waals surface area contributed by atoms with E-state index in [1.54, 1.807) is 23.5 Å². The normalized spacial score (nSPS) is 15.6. The molecule has 1 fully saturated rings. The van der Waals surface area contributed by atoms with Gasteiger partial charge in [-0.1, -0.05) is 12.1 Å². The van der Waals surface area contributed by atoms with E-state index in [1.165, 1.54) is 12.0 Å². The number of nitrogens with zero attached hydrogens (tertiary/aromatic N) is 5. The van der Waals surface area contributed by atoms with Gasteiger partial charge in [0.05, 0.1) is 13.8 Å². The molecule has 0 saturated carbocycles. The molecule has 6 nitrogen and oxygen atoms in total. The van der Waals surface area contributed by atoms with Gasteiger partial charge in [0, 0.05) is 51.1 Å². The van der Waals surface area contributed by atoms with E-state index in [2.05, 4.69) is 27.3 Å². The van der Waals surface area contributed by atoms with Crippen molar-refractivity contribution < 1.29 is 9.13 Å². The van der Waals surface area contributed by atoms with E-state index in [0.29, 0.717) is 6.67 Å². The Morgan fingerprint density at radius 3 is 2.60 bits per heavy atom. The lowest BCUT2D eigenvalue weighted by atomic mass is 10.2. The number of halogens is 1. The molecule has 3 heterocycles. The number of hydrogen-bond donors (Lipinski definition) is 0. The summed E-state index contributed by atoms with van der Waals surface area (Å²) in [7, 11) is 3.47. The lowest BCUT2D eigenvalue weighted by molar-refractivity contribution is 0.0979. The first-order valence-corrected chi connectivity index (χ1v) is 11.2. The number of thiophene rings is 1. The molecule has 160 valence electrons. The number of hydrogen-bond acceptors (Lipinski definition) is 6. The molecule has 0 N–H and O–H groups in total. The summed E-state index contributed by atoms with van der Waals surface area (Å²) >= 11 is 7.34. The quantitative estimate of drug-likeness (QED) is 0.518. The Kier molecular flexibility index (Phi) is 6.62. The summed E-state index contributed by atoms with van der Waals surface area (Å²) in [6.07, 6.45) is 0.803. The molecular weight excluding hydrogens is 421 g/mol. The SMILES string of the molecule is COc1ccc(CN2CCN(Cn3nc(Cc4cccs4)n(C)c3=S)CC2)cc1F. The van der Waals surface area contributed by atoms with Crippen LogP contribution in [0.5, 0.6) is 5.75 Å². The zero-order chi connectivity index (χ0) is 21.1. The fourth-order valence-electron chi connectivity index (χ4n) is 3.69. The summed E-state index contributed by atoms with van der Waals surface area (Å²) in [6, 6.07) is 9.37. The highest BCUT2D eigenvalue weighted by Crippen LogP contribution is 2.19. The van der Waals surface area contributed by atoms with Crippen LogP contribution in [0.2, 0.25) is 0 Å². The second kappa shape index (κ2) is 9.38. The van der Waals surface area contributed by atoms with Gasteiger partial charge >= 0.3 is 0 Å². The van der Waals surface area contributed by atoms with E-state index in [4.69, 9.17) is 22.1 Å². The van der Waals surface area contributed by atoms with E-state index >= 15 is 0 Å². The van der Waals surface area contributed by atoms with Crippen molar-refractivity contribution >= 4 is 23.6 Å². The molecule has 0 amide bonds. The number of rotatable bonds is 7. The van der Waals surface area contributed by atoms with Crippen molar-refractivity contribution in [2.24, 2.45) is 7.05 Å². The fraction of sp³-hybridized carbons (Fsp3) is 0.429. The lowest BCUT2D eigenvalue weighted by Crippen LogP contribution is -2.46. The van der Waals surface area contributed by atoms with Crippen molar-refractivity contribution in [3.05, 3.63) is 62.6 Å². The van der Waals surface area contributed by atoms with Gasteiger partial charge in [0.2, 0.25) is 0 Å². The maximum atomic E-state index is 13.9. The Balaban J connectivity index is 1.33. The molecule has 0 radical (unpaired) electrons. The lowest BCUT2D eigenvalue weighted by Gasteiger charge is -2.34. The number of ether oxygens (including phenoxy) is 1. The molecule has 30 heavy (non-hydrogen) atoms. The molecule has 9 heteroatoms. The van der Waals surface area contributed by atoms with Crippen LogP contribution in [0.4, 0.5) is 4.39 Å². The summed E-state index contributed by atoms with van der Waals surface area (Å²) in [5.41, 5.74) is 0.965. The summed E-state index contributed by atoms with van der Waals surface area (Å²) < 4.78 is 23.6. The highest BCUT2D eigenvalue weighted by Gasteiger charge is 2.19. The molecule has 0 spiro atoms. The Morgan fingerprint density at radius 2 is 1.93 bits per heavy atom. The monoisotopic (exact) mass is 447 g/mol. The number of benzene rings is 1. The molecule has 2 aromatic heterocycles. The highest BCUT2D eigenvalue weighted by atomic mass is 32.1. The van der Waals surface area contributed by atoms with Crippen molar-refractivity contribution in [2.45, 2.75) is 19.6 Å². The standard InChI is InChI=1S/C21H26FN5OS2/c1-24-20(13-17-4-3-11-30-17)23-27(21(24)29)15-26-9-7-25(8-10-26)14-16-5-6-19(28-2)18(22)12-16/h3-6,11-12H,7-10,13-15H2,1-2H3. The van der Waals surface area contributed by atoms with Crippen LogP contribution in [0.3, 0.4) is 0 Å². The molecule has 0 bridgehead atoms. The summed E-state index contributed by atoms with van der Waals surface area (Å²) in [5.74, 6) is 0.966. The van der Waals surface area contributed by atoms with Gasteiger partial charge in [0.1, 0.15) is 5.82 Å². The van der Waals surface area contributed by atoms with Crippen LogP contribution in [0.25, 0.3) is 0 Å². The maximum absolute atomic E-state index is 13.9. The highest BCUT2D eigenvalue weighted by molar-refractivity contribution is 7.71. The van der Waals surface area contributed by atoms with Gasteiger partial charge in [-0.2, -0.15) is 5.10 Å². The van der Waals surface area contributed by atoms with Gasteiger partial charge in [-0.3, -0.25) is 9.80 Å². The van der Waals surface area contributed by atoms with Crippen molar-refractivity contribution in [3.63, 3.8) is 0 Å². The second-order valence-electron chi connectivity index (χ2n) is 7.52. The minimum atomic E-state index is -0.309. The van der Waals surface area contributed by atoms with Crippen molar-refractivity contribution in [2.75, 3.05) is 33.3 Å². The number of methoxy groups -OCH3 is 1. The van der Waals surface area contributed by atoms with Crippen LogP contribution >= 0.6 is 23.6 Å². The Bertz CT molecular complexity index is 1040. The van der Waals surface area contributed by atoms with E-state index < -0.39 is 0 Å². The van der Waals surface area contributed by atoms with Crippen LogP contribution in [-0.4, -0.2) is 57.4 Å². The van der Waals surface area contributed by atoms with Crippen LogP contribution in [0, 0.1) is 10.6 Å². The smallest absolute Gasteiger partial charge is 0.198 e. The van der Waals surface area contributed by atoms with Crippen LogP contribution in [0.1, 0.15) is 16.3 Å². The molecule has 0 unspecified atom stereocenters. The van der Waals surface area contributed by atoms with Gasteiger partial charge < -0.3 is 9.30 Å². The molecule has 0 aliphatic carbocycles. The van der Waals surface area contributed by atoms with Gasteiger partial charge in [0.25, 0.3) is 0 Å². The summed E-state index contributed by atoms with van der Waals surface area (Å²) in [5, 5.41) is 6.85. The van der Waals surface area contributed by atoms with E-state index in [9.17, 15) is 4.39 Å². The third-order valence-corrected chi connectivity index (χ3v) is 6.83. The Hall–Kier alpha value is -2.07. The van der Waals surface area contributed by atoms with E-state index in [1.807, 2.05) is 22.4 Å². The number of piperazine rings is 1. The first-order chi connectivity index (χ1) is 14.5. The van der Waals surface area contributed by atoms with E-state index in [0.717, 1.165) is 55.3 Å². The summed E-state index contributed by atoms with van der Waals surface area (Å²) in [6.45, 7) is 5.14. The summed E-state index contributed by atoms with van der Waals surface area (Å²) in [4.78, 5) is 5.99. The molecule has 1 aliphatic heterocycles. The third-order valence-electron chi connectivity index (χ3n) is 5.46. The Labute approximate surface area is 185 Å². The molecule has 4 rings (SSSR count). The predicted molar refractivity (Wildman–Crippen MR) is 119 cm³/mol. The fourth-order valence-corrected chi connectivity index (χ4v) is 4.60. The molecule has 1 aliphatic rings. The van der Waals surface area contributed by atoms with Crippen molar-refractivity contribution in [1.29, 1.82) is 0 Å².